The Balaban J connectivity index is 4.25. The van der Waals surface area contributed by atoms with Gasteiger partial charge in [-0.1, -0.05) is 90.9 Å². The minimum atomic E-state index is -0.471. The summed E-state index contributed by atoms with van der Waals surface area (Å²) < 4.78 is 27.2. The van der Waals surface area contributed by atoms with Crippen LogP contribution in [0.15, 0.2) is 0 Å². The van der Waals surface area contributed by atoms with E-state index in [1.54, 1.807) is 0 Å². The molecule has 0 aliphatic heterocycles. The first kappa shape index (κ1) is 40.3. The van der Waals surface area contributed by atoms with Gasteiger partial charge < -0.3 is 28.8 Å². The number of carbonyl (C=O) groups is 3. The molecule has 0 bridgehead atoms. The molecule has 1 N–H and O–H groups in total. The third kappa shape index (κ3) is 27.1. The highest BCUT2D eigenvalue weighted by atomic mass is 16.7. The van der Waals surface area contributed by atoms with E-state index in [1.165, 1.54) is 58.5 Å². The molecule has 1 unspecified atom stereocenters. The van der Waals surface area contributed by atoms with Gasteiger partial charge in [0.15, 0.2) is 6.29 Å². The van der Waals surface area contributed by atoms with Gasteiger partial charge in [-0.3, -0.25) is 14.4 Å². The molecule has 42 heavy (non-hydrogen) atoms. The molecule has 0 saturated carbocycles. The fraction of sp³-hybridized carbons (Fsp3) is 0.909. The molecular weight excluding hydrogens is 540 g/mol. The van der Waals surface area contributed by atoms with Gasteiger partial charge in [-0.2, -0.15) is 0 Å². The van der Waals surface area contributed by atoms with Gasteiger partial charge in [-0.05, 0) is 25.7 Å². The summed E-state index contributed by atoms with van der Waals surface area (Å²) in [6, 6.07) is 0. The lowest BCUT2D eigenvalue weighted by molar-refractivity contribution is -0.161. The summed E-state index contributed by atoms with van der Waals surface area (Å²) in [5.41, 5.74) is 0. The number of esters is 3. The van der Waals surface area contributed by atoms with Crippen molar-refractivity contribution in [3.8, 4) is 0 Å². The molecule has 0 saturated heterocycles. The van der Waals surface area contributed by atoms with Crippen LogP contribution in [0.25, 0.3) is 0 Å². The number of ether oxygens (including phenoxy) is 5. The molecule has 0 rings (SSSR count). The third-order valence-corrected chi connectivity index (χ3v) is 7.15. The van der Waals surface area contributed by atoms with Crippen LogP contribution in [0.1, 0.15) is 142 Å². The second-order valence-corrected chi connectivity index (χ2v) is 11.2. The van der Waals surface area contributed by atoms with Crippen LogP contribution in [0.5, 0.6) is 0 Å². The van der Waals surface area contributed by atoms with Crippen molar-refractivity contribution in [3.63, 3.8) is 0 Å². The first-order chi connectivity index (χ1) is 20.5. The number of methoxy groups -OCH3 is 1. The second-order valence-electron chi connectivity index (χ2n) is 11.2. The molecule has 0 fully saturated rings. The van der Waals surface area contributed by atoms with Crippen molar-refractivity contribution < 1.29 is 43.2 Å². The van der Waals surface area contributed by atoms with Crippen molar-refractivity contribution in [1.29, 1.82) is 0 Å². The molecule has 0 aromatic rings. The van der Waals surface area contributed by atoms with E-state index in [2.05, 4.69) is 18.6 Å². The summed E-state index contributed by atoms with van der Waals surface area (Å²) in [6.07, 6.45) is 18.0. The smallest absolute Gasteiger partial charge is 0.305 e. The number of hydrogen-bond donors (Lipinski definition) is 1. The highest BCUT2D eigenvalue weighted by molar-refractivity contribution is 5.70. The summed E-state index contributed by atoms with van der Waals surface area (Å²) >= 11 is 0. The van der Waals surface area contributed by atoms with Gasteiger partial charge in [-0.15, -0.1) is 0 Å². The highest BCUT2D eigenvalue weighted by Gasteiger charge is 2.17. The highest BCUT2D eigenvalue weighted by Crippen LogP contribution is 2.13. The topological polar surface area (TPSA) is 118 Å². The minimum absolute atomic E-state index is 0.00366. The standard InChI is InChI=1S/C33H62O9/c1-4-6-8-10-14-18-24-39-33(40-25-19-15-11-9-7-5-2)23-22-32(37)42-28-29(26-34)27-41-31(36)21-17-13-12-16-20-30(35)38-3/h29,33-34H,4-28H2,1-3H3. The maximum absolute atomic E-state index is 12.4. The summed E-state index contributed by atoms with van der Waals surface area (Å²) in [6.45, 7) is 5.39. The third-order valence-electron chi connectivity index (χ3n) is 7.15. The average Bonchev–Trinajstić information content (AvgIpc) is 2.99. The van der Waals surface area contributed by atoms with Gasteiger partial charge >= 0.3 is 17.9 Å². The number of hydrogen-bond acceptors (Lipinski definition) is 9. The fourth-order valence-corrected chi connectivity index (χ4v) is 4.36. The van der Waals surface area contributed by atoms with E-state index in [1.807, 2.05) is 0 Å². The predicted octanol–water partition coefficient (Wildman–Crippen LogP) is 7.06. The van der Waals surface area contributed by atoms with Gasteiger partial charge in [0.2, 0.25) is 0 Å². The Morgan fingerprint density at radius 3 is 1.48 bits per heavy atom. The number of aliphatic hydroxyl groups is 1. The number of aliphatic hydroxyl groups excluding tert-OH is 1. The molecule has 9 heteroatoms. The molecule has 0 radical (unpaired) electrons. The van der Waals surface area contributed by atoms with Crippen LogP contribution < -0.4 is 0 Å². The zero-order valence-electron chi connectivity index (χ0n) is 27.0. The van der Waals surface area contributed by atoms with E-state index in [0.29, 0.717) is 32.5 Å². The van der Waals surface area contributed by atoms with Crippen molar-refractivity contribution >= 4 is 17.9 Å². The lowest BCUT2D eigenvalue weighted by atomic mass is 10.1. The van der Waals surface area contributed by atoms with E-state index < -0.39 is 12.2 Å². The zero-order chi connectivity index (χ0) is 31.1. The lowest BCUT2D eigenvalue weighted by Crippen LogP contribution is -2.25. The molecule has 0 aliphatic rings. The molecule has 0 aromatic carbocycles. The van der Waals surface area contributed by atoms with Crippen molar-refractivity contribution in [3.05, 3.63) is 0 Å². The summed E-state index contributed by atoms with van der Waals surface area (Å²) in [7, 11) is 1.37. The van der Waals surface area contributed by atoms with Gasteiger partial charge in [0.1, 0.15) is 0 Å². The van der Waals surface area contributed by atoms with E-state index in [0.717, 1.165) is 44.9 Å². The summed E-state index contributed by atoms with van der Waals surface area (Å²) in [5, 5.41) is 9.62. The lowest BCUT2D eigenvalue weighted by Gasteiger charge is -2.19. The van der Waals surface area contributed by atoms with Crippen LogP contribution in [0.4, 0.5) is 0 Å². The van der Waals surface area contributed by atoms with Gasteiger partial charge in [0, 0.05) is 32.5 Å². The SMILES string of the molecule is CCCCCCCCOC(CCC(=O)OCC(CO)COC(=O)CCCCCCC(=O)OC)OCCCCCCCC. The summed E-state index contributed by atoms with van der Waals surface area (Å²) in [4.78, 5) is 35.5. The van der Waals surface area contributed by atoms with Crippen LogP contribution in [-0.4, -0.2) is 69.4 Å². The molecular formula is C33H62O9. The Morgan fingerprint density at radius 2 is 1.00 bits per heavy atom. The molecule has 1 atom stereocenters. The Labute approximate surface area is 255 Å². The van der Waals surface area contributed by atoms with Crippen LogP contribution in [0.3, 0.4) is 0 Å². The van der Waals surface area contributed by atoms with E-state index in [4.69, 9.17) is 18.9 Å². The van der Waals surface area contributed by atoms with E-state index in [9.17, 15) is 19.5 Å². The summed E-state index contributed by atoms with van der Waals surface area (Å²) in [5.74, 6) is -1.43. The molecule has 0 aliphatic carbocycles. The van der Waals surface area contributed by atoms with Gasteiger partial charge in [0.25, 0.3) is 0 Å². The van der Waals surface area contributed by atoms with Crippen LogP contribution in [0.2, 0.25) is 0 Å². The fourth-order valence-electron chi connectivity index (χ4n) is 4.36. The maximum Gasteiger partial charge on any atom is 0.305 e. The maximum atomic E-state index is 12.4. The molecule has 0 amide bonds. The van der Waals surface area contributed by atoms with Crippen LogP contribution in [-0.2, 0) is 38.1 Å². The molecule has 248 valence electrons. The second kappa shape index (κ2) is 30.7. The van der Waals surface area contributed by atoms with E-state index in [-0.39, 0.29) is 50.6 Å². The number of carbonyl (C=O) groups excluding carboxylic acids is 3. The Bertz CT molecular complexity index is 623. The van der Waals surface area contributed by atoms with Crippen molar-refractivity contribution in [1.82, 2.24) is 0 Å². The van der Waals surface area contributed by atoms with Crippen molar-refractivity contribution in [2.45, 2.75) is 149 Å². The molecule has 0 heterocycles. The first-order valence-corrected chi connectivity index (χ1v) is 16.7. The largest absolute Gasteiger partial charge is 0.469 e. The molecule has 0 spiro atoms. The average molecular weight is 603 g/mol. The quantitative estimate of drug-likeness (QED) is 0.0385. The Kier molecular flexibility index (Phi) is 29.5. The minimum Gasteiger partial charge on any atom is -0.469 e. The molecule has 9 nitrogen and oxygen atoms in total. The van der Waals surface area contributed by atoms with Gasteiger partial charge in [0.05, 0.1) is 39.3 Å². The van der Waals surface area contributed by atoms with Gasteiger partial charge in [-0.25, -0.2) is 0 Å². The normalized spacial score (nSPS) is 11.9. The number of rotatable bonds is 31. The van der Waals surface area contributed by atoms with E-state index >= 15 is 0 Å². The monoisotopic (exact) mass is 602 g/mol. The first-order valence-electron chi connectivity index (χ1n) is 16.7. The number of unbranched alkanes of at least 4 members (excludes halogenated alkanes) is 13. The Morgan fingerprint density at radius 1 is 0.571 bits per heavy atom. The Hall–Kier alpha value is -1.71. The van der Waals surface area contributed by atoms with Crippen LogP contribution in [0, 0.1) is 5.92 Å². The predicted molar refractivity (Wildman–Crippen MR) is 164 cm³/mol. The molecule has 0 aromatic heterocycles. The van der Waals surface area contributed by atoms with Crippen molar-refractivity contribution in [2.75, 3.05) is 40.1 Å². The van der Waals surface area contributed by atoms with Crippen molar-refractivity contribution in [2.24, 2.45) is 5.92 Å². The zero-order valence-corrected chi connectivity index (χ0v) is 27.0. The van der Waals surface area contributed by atoms with Crippen LogP contribution >= 0.6 is 0 Å².